The van der Waals surface area contributed by atoms with Crippen LogP contribution < -0.4 is 5.73 Å². The van der Waals surface area contributed by atoms with Crippen molar-refractivity contribution in [2.45, 2.75) is 0 Å². The van der Waals surface area contributed by atoms with Gasteiger partial charge in [-0.2, -0.15) is 0 Å². The molecule has 1 aromatic rings. The summed E-state index contributed by atoms with van der Waals surface area (Å²) in [6.45, 7) is 0. The van der Waals surface area contributed by atoms with Crippen molar-refractivity contribution in [2.24, 2.45) is 10.9 Å². The average molecular weight is 192 g/mol. The van der Waals surface area contributed by atoms with E-state index in [9.17, 15) is 5.11 Å². The third kappa shape index (κ3) is 0.990. The van der Waals surface area contributed by atoms with E-state index in [4.69, 9.17) is 16.0 Å². The van der Waals surface area contributed by atoms with Gasteiger partial charge in [0.15, 0.2) is 17.3 Å². The molecular formula is C9H8N2O3. The zero-order valence-electron chi connectivity index (χ0n) is 7.10. The van der Waals surface area contributed by atoms with E-state index >= 15 is 0 Å². The highest BCUT2D eigenvalue weighted by molar-refractivity contribution is 6.31. The maximum absolute atomic E-state index is 9.21. The van der Waals surface area contributed by atoms with E-state index in [1.807, 2.05) is 0 Å². The molecule has 0 radical (unpaired) electrons. The minimum absolute atomic E-state index is 0.0115. The number of phenolic OH excluding ortho intramolecular Hbond substituents is 2. The molecule has 0 heterocycles. The van der Waals surface area contributed by atoms with Gasteiger partial charge in [-0.25, -0.2) is 0 Å². The second kappa shape index (κ2) is 2.66. The quantitative estimate of drug-likeness (QED) is 0.173. The lowest BCUT2D eigenvalue weighted by Gasteiger charge is -2.19. The smallest absolute Gasteiger partial charge is 0.170 e. The summed E-state index contributed by atoms with van der Waals surface area (Å²) in [4.78, 5) is 0. The van der Waals surface area contributed by atoms with Crippen LogP contribution in [0.2, 0.25) is 0 Å². The normalized spacial score (nSPS) is 14.3. The van der Waals surface area contributed by atoms with E-state index in [1.54, 1.807) is 6.08 Å². The van der Waals surface area contributed by atoms with E-state index < -0.39 is 0 Å². The van der Waals surface area contributed by atoms with Crippen LogP contribution in [0, 0.1) is 0 Å². The molecule has 0 unspecified atom stereocenters. The molecule has 5 nitrogen and oxygen atoms in total. The zero-order valence-corrected chi connectivity index (χ0v) is 7.10. The summed E-state index contributed by atoms with van der Waals surface area (Å²) in [6, 6.07) is 2.79. The molecule has 1 aliphatic carbocycles. The van der Waals surface area contributed by atoms with Crippen LogP contribution in [0.25, 0.3) is 11.6 Å². The molecule has 1 aliphatic rings. The predicted octanol–water partition coefficient (Wildman–Crippen LogP) is 0.698. The molecule has 0 amide bonds. The summed E-state index contributed by atoms with van der Waals surface area (Å²) in [5.74, 6) is -0.416. The van der Waals surface area contributed by atoms with Crippen molar-refractivity contribution in [1.29, 1.82) is 0 Å². The van der Waals surface area contributed by atoms with E-state index in [0.29, 0.717) is 11.1 Å². The number of hydrogen-bond donors (Lipinski definition) is 4. The first kappa shape index (κ1) is 8.43. The third-order valence-electron chi connectivity index (χ3n) is 2.12. The topological polar surface area (TPSA) is 99.1 Å². The number of rotatable bonds is 1. The average Bonchev–Trinajstić information content (AvgIpc) is 2.16. The Bertz CT molecular complexity index is 463. The van der Waals surface area contributed by atoms with Gasteiger partial charge in [0.25, 0.3) is 0 Å². The largest absolute Gasteiger partial charge is 0.504 e. The number of amidine groups is 1. The molecule has 1 aromatic carbocycles. The van der Waals surface area contributed by atoms with Gasteiger partial charge >= 0.3 is 0 Å². The van der Waals surface area contributed by atoms with Crippen LogP contribution in [0.5, 0.6) is 11.5 Å². The fraction of sp³-hybridized carbons (Fsp3) is 0. The Balaban J connectivity index is 2.46. The Kier molecular flexibility index (Phi) is 1.60. The summed E-state index contributed by atoms with van der Waals surface area (Å²) in [5.41, 5.74) is 7.34. The lowest BCUT2D eigenvalue weighted by Crippen LogP contribution is -2.18. The number of fused-ring (bicyclic) bond motifs is 1. The molecule has 0 aromatic heterocycles. The van der Waals surface area contributed by atoms with Gasteiger partial charge in [-0.1, -0.05) is 5.16 Å². The minimum atomic E-state index is -0.222. The molecule has 0 saturated heterocycles. The Morgan fingerprint density at radius 2 is 1.86 bits per heavy atom. The molecular weight excluding hydrogens is 184 g/mol. The highest BCUT2D eigenvalue weighted by Gasteiger charge is 2.21. The molecule has 0 atom stereocenters. The lowest BCUT2D eigenvalue weighted by atomic mass is 9.87. The van der Waals surface area contributed by atoms with Crippen LogP contribution in [0.3, 0.4) is 0 Å². The Morgan fingerprint density at radius 1 is 1.21 bits per heavy atom. The highest BCUT2D eigenvalue weighted by atomic mass is 16.4. The van der Waals surface area contributed by atoms with Crippen LogP contribution in [-0.4, -0.2) is 21.3 Å². The number of phenols is 2. The number of oxime groups is 1. The molecule has 0 bridgehead atoms. The van der Waals surface area contributed by atoms with Gasteiger partial charge in [-0.15, -0.1) is 0 Å². The van der Waals surface area contributed by atoms with E-state index in [-0.39, 0.29) is 17.3 Å². The molecule has 5 heteroatoms. The van der Waals surface area contributed by atoms with Gasteiger partial charge in [-0.3, -0.25) is 0 Å². The van der Waals surface area contributed by atoms with Crippen LogP contribution in [0.15, 0.2) is 17.3 Å². The Labute approximate surface area is 79.4 Å². The van der Waals surface area contributed by atoms with Crippen molar-refractivity contribution in [3.05, 3.63) is 23.3 Å². The first-order valence-corrected chi connectivity index (χ1v) is 3.89. The SMILES string of the molecule is N/C(=N/O)C1=Cc2cc(O)c(O)cc21. The second-order valence-electron chi connectivity index (χ2n) is 2.97. The minimum Gasteiger partial charge on any atom is -0.504 e. The van der Waals surface area contributed by atoms with Gasteiger partial charge < -0.3 is 21.2 Å². The number of benzene rings is 1. The van der Waals surface area contributed by atoms with E-state index in [0.717, 1.165) is 5.56 Å². The van der Waals surface area contributed by atoms with Crippen molar-refractivity contribution in [2.75, 3.05) is 0 Å². The number of nitrogens with zero attached hydrogens (tertiary/aromatic N) is 1. The standard InChI is InChI=1S/C9H8N2O3/c10-9(11-14)6-1-4-2-7(12)8(13)3-5(4)6/h1-3,12-14H,(H2,10,11). The van der Waals surface area contributed by atoms with Gasteiger partial charge in [0.1, 0.15) is 0 Å². The van der Waals surface area contributed by atoms with Gasteiger partial charge in [0, 0.05) is 5.57 Å². The summed E-state index contributed by atoms with van der Waals surface area (Å²) in [5, 5.41) is 29.6. The third-order valence-corrected chi connectivity index (χ3v) is 2.12. The summed E-state index contributed by atoms with van der Waals surface area (Å²) < 4.78 is 0. The fourth-order valence-corrected chi connectivity index (χ4v) is 1.37. The van der Waals surface area contributed by atoms with Crippen molar-refractivity contribution >= 4 is 17.5 Å². The molecule has 14 heavy (non-hydrogen) atoms. The zero-order chi connectivity index (χ0) is 10.3. The van der Waals surface area contributed by atoms with Crippen LogP contribution in [0.4, 0.5) is 0 Å². The molecule has 0 fully saturated rings. The maximum atomic E-state index is 9.21. The fourth-order valence-electron chi connectivity index (χ4n) is 1.37. The molecule has 72 valence electrons. The van der Waals surface area contributed by atoms with Crippen LogP contribution in [-0.2, 0) is 0 Å². The lowest BCUT2D eigenvalue weighted by molar-refractivity contribution is 0.319. The first-order valence-electron chi connectivity index (χ1n) is 3.89. The summed E-state index contributed by atoms with van der Waals surface area (Å²) >= 11 is 0. The van der Waals surface area contributed by atoms with Gasteiger partial charge in [0.05, 0.1) is 0 Å². The molecule has 0 aliphatic heterocycles. The van der Waals surface area contributed by atoms with Crippen molar-refractivity contribution in [1.82, 2.24) is 0 Å². The van der Waals surface area contributed by atoms with E-state index in [1.165, 1.54) is 12.1 Å². The number of aromatic hydroxyl groups is 2. The Hall–Kier alpha value is -2.17. The molecule has 0 saturated carbocycles. The monoisotopic (exact) mass is 192 g/mol. The number of hydrogen-bond acceptors (Lipinski definition) is 4. The van der Waals surface area contributed by atoms with Crippen LogP contribution >= 0.6 is 0 Å². The molecule has 2 rings (SSSR count). The summed E-state index contributed by atoms with van der Waals surface area (Å²) in [6.07, 6.45) is 1.66. The maximum Gasteiger partial charge on any atom is 0.170 e. The van der Waals surface area contributed by atoms with Crippen molar-refractivity contribution < 1.29 is 15.4 Å². The van der Waals surface area contributed by atoms with Gasteiger partial charge in [-0.05, 0) is 29.3 Å². The summed E-state index contributed by atoms with van der Waals surface area (Å²) in [7, 11) is 0. The number of nitrogens with two attached hydrogens (primary N) is 1. The van der Waals surface area contributed by atoms with Gasteiger partial charge in [0.2, 0.25) is 0 Å². The highest BCUT2D eigenvalue weighted by Crippen LogP contribution is 2.39. The van der Waals surface area contributed by atoms with E-state index in [2.05, 4.69) is 5.16 Å². The predicted molar refractivity (Wildman–Crippen MR) is 51.1 cm³/mol. The molecule has 5 N–H and O–H groups in total. The first-order chi connectivity index (χ1) is 6.63. The van der Waals surface area contributed by atoms with Crippen molar-refractivity contribution in [3.8, 4) is 11.5 Å². The second-order valence-corrected chi connectivity index (χ2v) is 2.97. The molecule has 0 spiro atoms. The van der Waals surface area contributed by atoms with Crippen molar-refractivity contribution in [3.63, 3.8) is 0 Å². The Morgan fingerprint density at radius 3 is 2.50 bits per heavy atom. The van der Waals surface area contributed by atoms with Crippen LogP contribution in [0.1, 0.15) is 11.1 Å².